The topological polar surface area (TPSA) is 69.7 Å². The molecule has 4 fully saturated rings. The quantitative estimate of drug-likeness (QED) is 0.553. The number of ether oxygens (including phenoxy) is 2. The lowest BCUT2D eigenvalue weighted by molar-refractivity contribution is -0.192. The number of rotatable bonds is 2. The maximum absolute atomic E-state index is 12.5. The van der Waals surface area contributed by atoms with Gasteiger partial charge >= 0.3 is 11.9 Å². The summed E-state index contributed by atoms with van der Waals surface area (Å²) in [5.41, 5.74) is -1.74. The van der Waals surface area contributed by atoms with E-state index < -0.39 is 16.8 Å². The average molecular weight is 266 g/mol. The van der Waals surface area contributed by atoms with E-state index in [0.717, 1.165) is 12.8 Å². The van der Waals surface area contributed by atoms with Crippen molar-refractivity contribution in [3.63, 3.8) is 0 Å². The lowest BCUT2D eigenvalue weighted by Gasteiger charge is -2.57. The van der Waals surface area contributed by atoms with Crippen LogP contribution in [0, 0.1) is 22.7 Å². The molecule has 5 heteroatoms. The maximum Gasteiger partial charge on any atom is 0.319 e. The van der Waals surface area contributed by atoms with E-state index in [1.807, 2.05) is 0 Å². The molecule has 4 aliphatic rings. The van der Waals surface area contributed by atoms with Crippen molar-refractivity contribution >= 4 is 17.7 Å². The molecule has 4 unspecified atom stereocenters. The van der Waals surface area contributed by atoms with Crippen molar-refractivity contribution < 1.29 is 23.9 Å². The molecule has 5 nitrogen and oxygen atoms in total. The first-order valence-corrected chi connectivity index (χ1v) is 6.68. The van der Waals surface area contributed by atoms with Crippen molar-refractivity contribution in [1.82, 2.24) is 0 Å². The summed E-state index contributed by atoms with van der Waals surface area (Å²) in [6.45, 7) is 0. The molecule has 0 amide bonds. The van der Waals surface area contributed by atoms with Crippen LogP contribution in [-0.2, 0) is 23.9 Å². The van der Waals surface area contributed by atoms with Crippen LogP contribution in [0.1, 0.15) is 32.1 Å². The van der Waals surface area contributed by atoms with Gasteiger partial charge in [0.2, 0.25) is 0 Å². The molecule has 0 spiro atoms. The van der Waals surface area contributed by atoms with E-state index in [0.29, 0.717) is 12.8 Å². The van der Waals surface area contributed by atoms with Gasteiger partial charge in [-0.05, 0) is 38.0 Å². The zero-order valence-electron chi connectivity index (χ0n) is 11.2. The lowest BCUT2D eigenvalue weighted by atomic mass is 9.43. The third-order valence-electron chi connectivity index (χ3n) is 5.25. The smallest absolute Gasteiger partial charge is 0.319 e. The van der Waals surface area contributed by atoms with Gasteiger partial charge in [-0.3, -0.25) is 14.4 Å². The number of esters is 2. The van der Waals surface area contributed by atoms with Gasteiger partial charge in [-0.25, -0.2) is 0 Å². The number of methoxy groups -OCH3 is 2. The summed E-state index contributed by atoms with van der Waals surface area (Å²) in [7, 11) is 2.67. The first-order chi connectivity index (χ1) is 8.97. The summed E-state index contributed by atoms with van der Waals surface area (Å²) in [6, 6.07) is 0. The summed E-state index contributed by atoms with van der Waals surface area (Å²) in [5, 5.41) is 0. The van der Waals surface area contributed by atoms with Gasteiger partial charge in [0.25, 0.3) is 0 Å². The van der Waals surface area contributed by atoms with Gasteiger partial charge in [-0.15, -0.1) is 0 Å². The lowest BCUT2D eigenvalue weighted by Crippen LogP contribution is -2.63. The highest BCUT2D eigenvalue weighted by atomic mass is 16.5. The standard InChI is InChI=1S/C14H18O5/c1-18-11(16)13-4-8-3-9(6-13)10(15)14(5-8,7-13)12(17)19-2/h8-9H,3-7H2,1-2H3. The average Bonchev–Trinajstić information content (AvgIpc) is 2.41. The Kier molecular flexibility index (Phi) is 2.53. The van der Waals surface area contributed by atoms with Crippen LogP contribution in [0.25, 0.3) is 0 Å². The molecule has 0 aromatic rings. The number of hydrogen-bond donors (Lipinski definition) is 0. The highest BCUT2D eigenvalue weighted by Gasteiger charge is 2.68. The number of Topliss-reactive ketones (excluding diaryl/α,β-unsaturated/α-hetero) is 1. The molecule has 19 heavy (non-hydrogen) atoms. The van der Waals surface area contributed by atoms with Crippen LogP contribution < -0.4 is 0 Å². The summed E-state index contributed by atoms with van der Waals surface area (Å²) in [6.07, 6.45) is 2.88. The minimum absolute atomic E-state index is 0.0187. The van der Waals surface area contributed by atoms with E-state index in [1.165, 1.54) is 14.2 Å². The fourth-order valence-corrected chi connectivity index (χ4v) is 4.80. The van der Waals surface area contributed by atoms with E-state index in [-0.39, 0.29) is 30.0 Å². The Morgan fingerprint density at radius 2 is 1.79 bits per heavy atom. The SMILES string of the molecule is COC(=O)C12CC3CC(C1)C(=O)C(C(=O)OC)(C3)C2. The van der Waals surface area contributed by atoms with Crippen LogP contribution >= 0.6 is 0 Å². The first-order valence-electron chi connectivity index (χ1n) is 6.68. The molecule has 4 atom stereocenters. The van der Waals surface area contributed by atoms with Crippen molar-refractivity contribution in [2.24, 2.45) is 22.7 Å². The Balaban J connectivity index is 2.05. The highest BCUT2D eigenvalue weighted by molar-refractivity contribution is 6.07. The molecule has 0 aromatic carbocycles. The minimum atomic E-state index is -1.09. The predicted molar refractivity (Wildman–Crippen MR) is 64.0 cm³/mol. The van der Waals surface area contributed by atoms with Crippen molar-refractivity contribution in [2.45, 2.75) is 32.1 Å². The Bertz CT molecular complexity index is 470. The van der Waals surface area contributed by atoms with Crippen LogP contribution in [0.5, 0.6) is 0 Å². The van der Waals surface area contributed by atoms with Gasteiger partial charge < -0.3 is 9.47 Å². The molecular weight excluding hydrogens is 248 g/mol. The van der Waals surface area contributed by atoms with Gasteiger partial charge in [0, 0.05) is 5.92 Å². The zero-order valence-corrected chi connectivity index (χ0v) is 11.2. The molecule has 4 aliphatic carbocycles. The van der Waals surface area contributed by atoms with Gasteiger partial charge in [0.1, 0.15) is 5.41 Å². The van der Waals surface area contributed by atoms with E-state index in [4.69, 9.17) is 9.47 Å². The number of hydrogen-bond acceptors (Lipinski definition) is 5. The van der Waals surface area contributed by atoms with Gasteiger partial charge in [-0.1, -0.05) is 0 Å². The Morgan fingerprint density at radius 1 is 1.11 bits per heavy atom. The predicted octanol–water partition coefficient (Wildman–Crippen LogP) is 1.10. The van der Waals surface area contributed by atoms with Gasteiger partial charge in [-0.2, -0.15) is 0 Å². The van der Waals surface area contributed by atoms with E-state index >= 15 is 0 Å². The molecule has 0 saturated heterocycles. The first kappa shape index (κ1) is 12.6. The molecule has 0 N–H and O–H groups in total. The summed E-state index contributed by atoms with van der Waals surface area (Å²) in [5.74, 6) is -0.694. The van der Waals surface area contributed by atoms with Crippen LogP contribution in [0.3, 0.4) is 0 Å². The zero-order chi connectivity index (χ0) is 13.8. The minimum Gasteiger partial charge on any atom is -0.469 e. The summed E-state index contributed by atoms with van der Waals surface area (Å²) in [4.78, 5) is 36.8. The second-order valence-corrected chi connectivity index (χ2v) is 6.30. The van der Waals surface area contributed by atoms with Crippen molar-refractivity contribution in [2.75, 3.05) is 14.2 Å². The molecule has 0 heterocycles. The number of ketones is 1. The molecular formula is C14H18O5. The van der Waals surface area contributed by atoms with Crippen molar-refractivity contribution in [3.05, 3.63) is 0 Å². The fraction of sp³-hybridized carbons (Fsp3) is 0.786. The molecule has 0 aromatic heterocycles. The maximum atomic E-state index is 12.5. The highest BCUT2D eigenvalue weighted by Crippen LogP contribution is 2.64. The monoisotopic (exact) mass is 266 g/mol. The van der Waals surface area contributed by atoms with Crippen molar-refractivity contribution in [1.29, 1.82) is 0 Å². The Hall–Kier alpha value is -1.39. The second kappa shape index (κ2) is 3.81. The molecule has 4 bridgehead atoms. The molecule has 0 radical (unpaired) electrons. The van der Waals surface area contributed by atoms with E-state index in [1.54, 1.807) is 0 Å². The molecule has 4 saturated carbocycles. The van der Waals surface area contributed by atoms with E-state index in [9.17, 15) is 14.4 Å². The van der Waals surface area contributed by atoms with Crippen LogP contribution in [0.2, 0.25) is 0 Å². The van der Waals surface area contributed by atoms with Gasteiger partial charge in [0.05, 0.1) is 19.6 Å². The second-order valence-electron chi connectivity index (χ2n) is 6.30. The number of carbonyl (C=O) groups is 3. The molecule has 4 rings (SSSR count). The Morgan fingerprint density at radius 3 is 2.42 bits per heavy atom. The van der Waals surface area contributed by atoms with Crippen LogP contribution in [0.15, 0.2) is 0 Å². The molecule has 104 valence electrons. The fourth-order valence-electron chi connectivity index (χ4n) is 4.80. The van der Waals surface area contributed by atoms with E-state index in [2.05, 4.69) is 0 Å². The normalized spacial score (nSPS) is 43.2. The largest absolute Gasteiger partial charge is 0.469 e. The van der Waals surface area contributed by atoms with Crippen molar-refractivity contribution in [3.8, 4) is 0 Å². The van der Waals surface area contributed by atoms with Gasteiger partial charge in [0.15, 0.2) is 5.78 Å². The Labute approximate surface area is 111 Å². The number of carbonyl (C=O) groups excluding carboxylic acids is 3. The summed E-state index contributed by atoms with van der Waals surface area (Å²) < 4.78 is 9.78. The third-order valence-corrected chi connectivity index (χ3v) is 5.25. The molecule has 0 aliphatic heterocycles. The summed E-state index contributed by atoms with van der Waals surface area (Å²) >= 11 is 0. The van der Waals surface area contributed by atoms with Crippen LogP contribution in [-0.4, -0.2) is 31.9 Å². The van der Waals surface area contributed by atoms with Crippen LogP contribution in [0.4, 0.5) is 0 Å². The third kappa shape index (κ3) is 1.44.